The number of anilines is 1. The zero-order chi connectivity index (χ0) is 15.1. The Hall–Kier alpha value is -1.49. The van der Waals surface area contributed by atoms with Gasteiger partial charge in [0.1, 0.15) is 0 Å². The molecule has 0 radical (unpaired) electrons. The van der Waals surface area contributed by atoms with Crippen molar-refractivity contribution in [2.45, 2.75) is 6.42 Å². The molecule has 0 heterocycles. The second kappa shape index (κ2) is 8.08. The first-order valence-corrected chi connectivity index (χ1v) is 7.60. The van der Waals surface area contributed by atoms with Gasteiger partial charge in [0.05, 0.1) is 15.7 Å². The van der Waals surface area contributed by atoms with E-state index in [4.69, 9.17) is 35.4 Å². The molecule has 0 aliphatic carbocycles. The Morgan fingerprint density at radius 2 is 1.76 bits per heavy atom. The van der Waals surface area contributed by atoms with Crippen LogP contribution in [-0.2, 0) is 6.42 Å². The summed E-state index contributed by atoms with van der Waals surface area (Å²) >= 11 is 17.0. The number of rotatable bonds is 5. The molecule has 0 aliphatic rings. The third kappa shape index (κ3) is 5.42. The minimum absolute atomic E-state index is 0.492. The van der Waals surface area contributed by atoms with E-state index in [2.05, 4.69) is 28.3 Å². The Labute approximate surface area is 139 Å². The lowest BCUT2D eigenvalue weighted by atomic mass is 10.1. The predicted octanol–water partition coefficient (Wildman–Crippen LogP) is 4.03. The molecule has 0 aromatic heterocycles. The van der Waals surface area contributed by atoms with Crippen LogP contribution in [0.1, 0.15) is 5.56 Å². The molecule has 0 bridgehead atoms. The molecule has 2 rings (SSSR count). The molecule has 21 heavy (non-hydrogen) atoms. The lowest BCUT2D eigenvalue weighted by Gasteiger charge is -2.13. The molecule has 0 aliphatic heterocycles. The fourth-order valence-corrected chi connectivity index (χ4v) is 2.16. The topological polar surface area (TPSA) is 36.1 Å². The van der Waals surface area contributed by atoms with Crippen molar-refractivity contribution in [3.8, 4) is 0 Å². The van der Waals surface area contributed by atoms with E-state index in [0.29, 0.717) is 15.2 Å². The third-order valence-electron chi connectivity index (χ3n) is 2.78. The van der Waals surface area contributed by atoms with E-state index in [1.807, 2.05) is 24.3 Å². The van der Waals surface area contributed by atoms with Crippen LogP contribution in [0.3, 0.4) is 0 Å². The van der Waals surface area contributed by atoms with Crippen molar-refractivity contribution in [3.63, 3.8) is 0 Å². The Balaban J connectivity index is 1.71. The summed E-state index contributed by atoms with van der Waals surface area (Å²) in [5.74, 6) is 0. The molecule has 0 spiro atoms. The van der Waals surface area contributed by atoms with Crippen LogP contribution < -0.4 is 16.2 Å². The second-order valence-corrected chi connectivity index (χ2v) is 5.59. The van der Waals surface area contributed by atoms with E-state index >= 15 is 0 Å². The van der Waals surface area contributed by atoms with Crippen LogP contribution in [0.2, 0.25) is 10.0 Å². The van der Waals surface area contributed by atoms with Gasteiger partial charge in [0.2, 0.25) is 0 Å². The number of halogens is 2. The average Bonchev–Trinajstić information content (AvgIpc) is 2.49. The monoisotopic (exact) mass is 339 g/mol. The molecule has 3 N–H and O–H groups in total. The summed E-state index contributed by atoms with van der Waals surface area (Å²) in [6.45, 7) is 0.763. The van der Waals surface area contributed by atoms with Crippen molar-refractivity contribution in [1.82, 2.24) is 10.7 Å². The van der Waals surface area contributed by atoms with Gasteiger partial charge in [-0.2, -0.15) is 0 Å². The van der Waals surface area contributed by atoms with E-state index in [-0.39, 0.29) is 0 Å². The van der Waals surface area contributed by atoms with Gasteiger partial charge in [0.15, 0.2) is 5.11 Å². The standard InChI is InChI=1S/C15H15Cl2N3S/c16-13-7-6-12(10-14(13)17)19-20-15(21)18-9-8-11-4-2-1-3-5-11/h1-7,10,19H,8-9H2,(H2,18,20,21). The van der Waals surface area contributed by atoms with Crippen molar-refractivity contribution in [2.75, 3.05) is 12.0 Å². The van der Waals surface area contributed by atoms with Crippen LogP contribution in [0, 0.1) is 0 Å². The first kappa shape index (κ1) is 15.9. The summed E-state index contributed by atoms with van der Waals surface area (Å²) in [4.78, 5) is 0. The van der Waals surface area contributed by atoms with Crippen LogP contribution in [0.15, 0.2) is 48.5 Å². The minimum atomic E-state index is 0.492. The van der Waals surface area contributed by atoms with Gasteiger partial charge in [-0.3, -0.25) is 10.9 Å². The molecule has 2 aromatic carbocycles. The van der Waals surface area contributed by atoms with Crippen molar-refractivity contribution < 1.29 is 0 Å². The molecule has 6 heteroatoms. The predicted molar refractivity (Wildman–Crippen MR) is 94.0 cm³/mol. The van der Waals surface area contributed by atoms with Crippen molar-refractivity contribution >= 4 is 46.2 Å². The lowest BCUT2D eigenvalue weighted by Crippen LogP contribution is -2.39. The van der Waals surface area contributed by atoms with Gasteiger partial charge in [0, 0.05) is 6.54 Å². The molecule has 0 saturated carbocycles. The largest absolute Gasteiger partial charge is 0.361 e. The summed E-state index contributed by atoms with van der Waals surface area (Å²) in [7, 11) is 0. The zero-order valence-electron chi connectivity index (χ0n) is 11.2. The van der Waals surface area contributed by atoms with Gasteiger partial charge in [0.25, 0.3) is 0 Å². The smallest absolute Gasteiger partial charge is 0.185 e. The number of thiocarbonyl (C=S) groups is 1. The molecule has 3 nitrogen and oxygen atoms in total. The first-order valence-electron chi connectivity index (χ1n) is 6.44. The number of hydrogen-bond acceptors (Lipinski definition) is 2. The Morgan fingerprint density at radius 1 is 1.00 bits per heavy atom. The molecule has 0 fully saturated rings. The van der Waals surface area contributed by atoms with E-state index in [1.54, 1.807) is 12.1 Å². The highest BCUT2D eigenvalue weighted by Gasteiger charge is 2.00. The van der Waals surface area contributed by atoms with E-state index in [1.165, 1.54) is 5.56 Å². The molecule has 0 amide bonds. The molecule has 0 saturated heterocycles. The highest BCUT2D eigenvalue weighted by atomic mass is 35.5. The molecule has 0 atom stereocenters. The zero-order valence-corrected chi connectivity index (χ0v) is 13.5. The maximum atomic E-state index is 5.93. The van der Waals surface area contributed by atoms with E-state index < -0.39 is 0 Å². The first-order chi connectivity index (χ1) is 10.1. The van der Waals surface area contributed by atoms with Crippen molar-refractivity contribution in [2.24, 2.45) is 0 Å². The Morgan fingerprint density at radius 3 is 2.48 bits per heavy atom. The lowest BCUT2D eigenvalue weighted by molar-refractivity contribution is 0.848. The SMILES string of the molecule is S=C(NCCc1ccccc1)NNc1ccc(Cl)c(Cl)c1. The van der Waals surface area contributed by atoms with E-state index in [0.717, 1.165) is 18.7 Å². The molecular weight excluding hydrogens is 325 g/mol. The van der Waals surface area contributed by atoms with Crippen molar-refractivity contribution in [3.05, 3.63) is 64.1 Å². The van der Waals surface area contributed by atoms with Gasteiger partial charge < -0.3 is 5.32 Å². The van der Waals surface area contributed by atoms with Crippen molar-refractivity contribution in [1.29, 1.82) is 0 Å². The maximum Gasteiger partial charge on any atom is 0.185 e. The summed E-state index contributed by atoms with van der Waals surface area (Å²) in [6.07, 6.45) is 0.912. The summed E-state index contributed by atoms with van der Waals surface area (Å²) < 4.78 is 0. The fourth-order valence-electron chi connectivity index (χ4n) is 1.71. The maximum absolute atomic E-state index is 5.93. The molecule has 2 aromatic rings. The van der Waals surface area contributed by atoms with Gasteiger partial charge in [-0.15, -0.1) is 0 Å². The number of nitrogens with one attached hydrogen (secondary N) is 3. The second-order valence-electron chi connectivity index (χ2n) is 4.37. The summed E-state index contributed by atoms with van der Waals surface area (Å²) in [6, 6.07) is 15.5. The normalized spacial score (nSPS) is 10.0. The Kier molecular flexibility index (Phi) is 6.11. The van der Waals surface area contributed by atoms with Crippen LogP contribution in [0.5, 0.6) is 0 Å². The Bertz CT molecular complexity index is 605. The van der Waals surface area contributed by atoms with E-state index in [9.17, 15) is 0 Å². The highest BCUT2D eigenvalue weighted by Crippen LogP contribution is 2.24. The number of benzene rings is 2. The van der Waals surface area contributed by atoms with Crippen LogP contribution in [0.4, 0.5) is 5.69 Å². The number of hydrazine groups is 1. The summed E-state index contributed by atoms with van der Waals surface area (Å²) in [5, 5.41) is 4.66. The minimum Gasteiger partial charge on any atom is -0.361 e. The molecular formula is C15H15Cl2N3S. The van der Waals surface area contributed by atoms with Crippen LogP contribution >= 0.6 is 35.4 Å². The van der Waals surface area contributed by atoms with Gasteiger partial charge >= 0.3 is 0 Å². The average molecular weight is 340 g/mol. The summed E-state index contributed by atoms with van der Waals surface area (Å²) in [5.41, 5.74) is 7.92. The van der Waals surface area contributed by atoms with Crippen LogP contribution in [-0.4, -0.2) is 11.7 Å². The van der Waals surface area contributed by atoms with Gasteiger partial charge in [-0.1, -0.05) is 53.5 Å². The number of hydrogen-bond donors (Lipinski definition) is 3. The molecule has 0 unspecified atom stereocenters. The van der Waals surface area contributed by atoms with Gasteiger partial charge in [-0.05, 0) is 42.4 Å². The molecule has 110 valence electrons. The highest BCUT2D eigenvalue weighted by molar-refractivity contribution is 7.80. The van der Waals surface area contributed by atoms with Crippen LogP contribution in [0.25, 0.3) is 0 Å². The quantitative estimate of drug-likeness (QED) is 0.567. The van der Waals surface area contributed by atoms with Gasteiger partial charge in [-0.25, -0.2) is 0 Å². The third-order valence-corrected chi connectivity index (χ3v) is 3.77. The fraction of sp³-hybridized carbons (Fsp3) is 0.133.